The second-order valence-electron chi connectivity index (χ2n) is 6.47. The van der Waals surface area contributed by atoms with Gasteiger partial charge in [0.25, 0.3) is 5.91 Å². The fourth-order valence-corrected chi connectivity index (χ4v) is 4.60. The molecule has 1 fully saturated rings. The number of hydrogen-bond donors (Lipinski definition) is 0. The summed E-state index contributed by atoms with van der Waals surface area (Å²) in [6.45, 7) is 2.63. The number of nitrogens with zero attached hydrogens (tertiary/aromatic N) is 2. The summed E-state index contributed by atoms with van der Waals surface area (Å²) in [7, 11) is -3.80. The zero-order valence-corrected chi connectivity index (χ0v) is 16.8. The number of carbonyl (C=O) groups is 1. The number of sulfonamides is 1. The van der Waals surface area contributed by atoms with Crippen molar-refractivity contribution in [3.05, 3.63) is 58.9 Å². The summed E-state index contributed by atoms with van der Waals surface area (Å²) in [6, 6.07) is 10.7. The van der Waals surface area contributed by atoms with Crippen LogP contribution in [0.5, 0.6) is 5.75 Å². The van der Waals surface area contributed by atoms with Crippen molar-refractivity contribution in [1.82, 2.24) is 9.21 Å². The summed E-state index contributed by atoms with van der Waals surface area (Å²) in [5.74, 6) is -0.268. The van der Waals surface area contributed by atoms with E-state index in [9.17, 15) is 17.6 Å². The van der Waals surface area contributed by atoms with Gasteiger partial charge in [0, 0.05) is 26.2 Å². The first-order valence-electron chi connectivity index (χ1n) is 8.70. The second kappa shape index (κ2) is 8.46. The molecule has 0 atom stereocenters. The Morgan fingerprint density at radius 2 is 1.86 bits per heavy atom. The largest absolute Gasteiger partial charge is 0.484 e. The first kappa shape index (κ1) is 20.6. The zero-order valence-electron chi connectivity index (χ0n) is 15.3. The van der Waals surface area contributed by atoms with Gasteiger partial charge in [0.1, 0.15) is 11.6 Å². The molecule has 0 unspecified atom stereocenters. The number of benzene rings is 2. The molecule has 2 aromatic carbocycles. The van der Waals surface area contributed by atoms with E-state index in [0.717, 1.165) is 17.7 Å². The fraction of sp³-hybridized carbons (Fsp3) is 0.316. The number of ether oxygens (including phenoxy) is 1. The summed E-state index contributed by atoms with van der Waals surface area (Å²) < 4.78 is 45.4. The number of amides is 1. The van der Waals surface area contributed by atoms with Crippen LogP contribution in [0.15, 0.2) is 47.4 Å². The van der Waals surface area contributed by atoms with E-state index in [1.165, 1.54) is 10.4 Å². The second-order valence-corrected chi connectivity index (χ2v) is 8.81. The lowest BCUT2D eigenvalue weighted by Gasteiger charge is -2.34. The van der Waals surface area contributed by atoms with E-state index in [1.807, 2.05) is 25.1 Å². The van der Waals surface area contributed by atoms with Crippen LogP contribution in [0.4, 0.5) is 4.39 Å². The highest BCUT2D eigenvalue weighted by Crippen LogP contribution is 2.23. The average molecular weight is 427 g/mol. The van der Waals surface area contributed by atoms with Crippen LogP contribution in [0.1, 0.15) is 5.56 Å². The van der Waals surface area contributed by atoms with E-state index in [4.69, 9.17) is 16.3 Å². The Bertz CT molecular complexity index is 976. The Labute approximate surface area is 168 Å². The lowest BCUT2D eigenvalue weighted by Crippen LogP contribution is -2.51. The number of hydrogen-bond acceptors (Lipinski definition) is 4. The number of aryl methyl sites for hydroxylation is 1. The van der Waals surface area contributed by atoms with Gasteiger partial charge in [-0.1, -0.05) is 23.7 Å². The minimum absolute atomic E-state index is 0.0681. The van der Waals surface area contributed by atoms with E-state index < -0.39 is 15.8 Å². The van der Waals surface area contributed by atoms with Crippen LogP contribution in [0.3, 0.4) is 0 Å². The summed E-state index contributed by atoms with van der Waals surface area (Å²) >= 11 is 5.69. The monoisotopic (exact) mass is 426 g/mol. The number of carbonyl (C=O) groups excluding carboxylic acids is 1. The maximum absolute atomic E-state index is 13.3. The van der Waals surface area contributed by atoms with Gasteiger partial charge in [-0.25, -0.2) is 12.8 Å². The molecule has 1 saturated heterocycles. The third-order valence-electron chi connectivity index (χ3n) is 4.47. The molecular weight excluding hydrogens is 407 g/mol. The Hall–Kier alpha value is -2.16. The SMILES string of the molecule is Cc1cccc(OCC(=O)N2CCN(S(=O)(=O)c3ccc(F)c(Cl)c3)CC2)c1. The third-order valence-corrected chi connectivity index (χ3v) is 6.66. The quantitative estimate of drug-likeness (QED) is 0.737. The van der Waals surface area contributed by atoms with Crippen LogP contribution in [0, 0.1) is 12.7 Å². The number of rotatable bonds is 5. The molecule has 6 nitrogen and oxygen atoms in total. The molecule has 3 rings (SSSR count). The standard InChI is InChI=1S/C19H20ClFN2O4S/c1-14-3-2-4-15(11-14)27-13-19(24)22-7-9-23(10-8-22)28(25,26)16-5-6-18(21)17(20)12-16/h2-6,11-12H,7-10,13H2,1H3. The normalized spacial score (nSPS) is 15.5. The average Bonchev–Trinajstić information content (AvgIpc) is 2.68. The molecule has 28 heavy (non-hydrogen) atoms. The first-order chi connectivity index (χ1) is 13.3. The topological polar surface area (TPSA) is 66.9 Å². The Morgan fingerprint density at radius 1 is 1.14 bits per heavy atom. The van der Waals surface area contributed by atoms with Crippen molar-refractivity contribution in [2.75, 3.05) is 32.8 Å². The van der Waals surface area contributed by atoms with Gasteiger partial charge in [-0.05, 0) is 42.8 Å². The molecule has 0 spiro atoms. The van der Waals surface area contributed by atoms with Gasteiger partial charge in [-0.3, -0.25) is 4.79 Å². The Balaban J connectivity index is 1.57. The smallest absolute Gasteiger partial charge is 0.260 e. The Morgan fingerprint density at radius 3 is 2.50 bits per heavy atom. The van der Waals surface area contributed by atoms with E-state index in [2.05, 4.69) is 0 Å². The molecule has 1 aliphatic heterocycles. The van der Waals surface area contributed by atoms with Crippen molar-refractivity contribution in [3.8, 4) is 5.75 Å². The summed E-state index contributed by atoms with van der Waals surface area (Å²) in [6.07, 6.45) is 0. The molecule has 2 aromatic rings. The van der Waals surface area contributed by atoms with Gasteiger partial charge in [-0.2, -0.15) is 4.31 Å². The van der Waals surface area contributed by atoms with Gasteiger partial charge in [0.05, 0.1) is 9.92 Å². The number of piperazine rings is 1. The highest BCUT2D eigenvalue weighted by molar-refractivity contribution is 7.89. The van der Waals surface area contributed by atoms with E-state index in [0.29, 0.717) is 5.75 Å². The van der Waals surface area contributed by atoms with Crippen LogP contribution in [0.25, 0.3) is 0 Å². The van der Waals surface area contributed by atoms with Crippen LogP contribution >= 0.6 is 11.6 Å². The molecule has 1 amide bonds. The summed E-state index contributed by atoms with van der Waals surface area (Å²) in [4.78, 5) is 13.8. The summed E-state index contributed by atoms with van der Waals surface area (Å²) in [5, 5.41) is -0.247. The van der Waals surface area contributed by atoms with Gasteiger partial charge in [-0.15, -0.1) is 0 Å². The molecule has 0 bridgehead atoms. The van der Waals surface area contributed by atoms with Crippen LogP contribution in [0.2, 0.25) is 5.02 Å². The molecule has 0 radical (unpaired) electrons. The molecule has 150 valence electrons. The van der Waals surface area contributed by atoms with Gasteiger partial charge < -0.3 is 9.64 Å². The van der Waals surface area contributed by atoms with E-state index in [-0.39, 0.29) is 48.6 Å². The highest BCUT2D eigenvalue weighted by atomic mass is 35.5. The van der Waals surface area contributed by atoms with Crippen LogP contribution in [-0.2, 0) is 14.8 Å². The van der Waals surface area contributed by atoms with Crippen LogP contribution in [-0.4, -0.2) is 56.3 Å². The summed E-state index contributed by atoms with van der Waals surface area (Å²) in [5.41, 5.74) is 1.03. The zero-order chi connectivity index (χ0) is 20.3. The minimum atomic E-state index is -3.80. The van der Waals surface area contributed by atoms with Crippen molar-refractivity contribution >= 4 is 27.5 Å². The molecular formula is C19H20ClFN2O4S. The lowest BCUT2D eigenvalue weighted by atomic mass is 10.2. The molecule has 0 N–H and O–H groups in total. The maximum atomic E-state index is 13.3. The number of halogens is 2. The van der Waals surface area contributed by atoms with Crippen molar-refractivity contribution < 1.29 is 22.3 Å². The molecule has 1 aliphatic rings. The highest BCUT2D eigenvalue weighted by Gasteiger charge is 2.30. The molecule has 0 aromatic heterocycles. The lowest BCUT2D eigenvalue weighted by molar-refractivity contribution is -0.134. The van der Waals surface area contributed by atoms with Crippen molar-refractivity contribution in [2.45, 2.75) is 11.8 Å². The van der Waals surface area contributed by atoms with Gasteiger partial charge in [0.15, 0.2) is 6.61 Å². The third kappa shape index (κ3) is 4.63. The maximum Gasteiger partial charge on any atom is 0.260 e. The van der Waals surface area contributed by atoms with Gasteiger partial charge >= 0.3 is 0 Å². The predicted octanol–water partition coefficient (Wildman–Crippen LogP) is 2.70. The first-order valence-corrected chi connectivity index (χ1v) is 10.5. The molecule has 9 heteroatoms. The fourth-order valence-electron chi connectivity index (χ4n) is 2.91. The molecule has 1 heterocycles. The predicted molar refractivity (Wildman–Crippen MR) is 103 cm³/mol. The minimum Gasteiger partial charge on any atom is -0.484 e. The van der Waals surface area contributed by atoms with Crippen molar-refractivity contribution in [3.63, 3.8) is 0 Å². The molecule has 0 aliphatic carbocycles. The van der Waals surface area contributed by atoms with E-state index in [1.54, 1.807) is 11.0 Å². The van der Waals surface area contributed by atoms with Crippen LogP contribution < -0.4 is 4.74 Å². The van der Waals surface area contributed by atoms with E-state index >= 15 is 0 Å². The Kier molecular flexibility index (Phi) is 6.22. The molecule has 0 saturated carbocycles. The van der Waals surface area contributed by atoms with Gasteiger partial charge in [0.2, 0.25) is 10.0 Å². The van der Waals surface area contributed by atoms with Crippen molar-refractivity contribution in [2.24, 2.45) is 0 Å². The van der Waals surface area contributed by atoms with Crippen molar-refractivity contribution in [1.29, 1.82) is 0 Å².